The number of ether oxygens (including phenoxy) is 1. The highest BCUT2D eigenvalue weighted by Gasteiger charge is 2.18. The van der Waals surface area contributed by atoms with Gasteiger partial charge in [0.25, 0.3) is 0 Å². The monoisotopic (exact) mass is 349 g/mol. The number of esters is 1. The summed E-state index contributed by atoms with van der Waals surface area (Å²) >= 11 is 1.54. The predicted octanol–water partition coefficient (Wildman–Crippen LogP) is 4.40. The van der Waals surface area contributed by atoms with Crippen LogP contribution in [0, 0.1) is 0 Å². The fraction of sp³-hybridized carbons (Fsp3) is 0.105. The van der Waals surface area contributed by atoms with E-state index < -0.39 is 12.1 Å². The zero-order valence-corrected chi connectivity index (χ0v) is 14.3. The maximum absolute atomic E-state index is 12.4. The Morgan fingerprint density at radius 3 is 2.68 bits per heavy atom. The van der Waals surface area contributed by atoms with Gasteiger partial charge in [0, 0.05) is 6.20 Å². The molecular weight excluding hydrogens is 334 g/mol. The zero-order chi connectivity index (χ0) is 17.2. The van der Waals surface area contributed by atoms with E-state index in [1.165, 1.54) is 17.5 Å². The highest BCUT2D eigenvalue weighted by Crippen LogP contribution is 2.28. The first-order valence-electron chi connectivity index (χ1n) is 7.87. The van der Waals surface area contributed by atoms with Crippen LogP contribution in [0.3, 0.4) is 0 Å². The highest BCUT2D eigenvalue weighted by molar-refractivity contribution is 7.18. The van der Waals surface area contributed by atoms with E-state index in [0.717, 1.165) is 20.9 Å². The zero-order valence-electron chi connectivity index (χ0n) is 13.5. The van der Waals surface area contributed by atoms with E-state index in [2.05, 4.69) is 10.1 Å². The van der Waals surface area contributed by atoms with Gasteiger partial charge in [0.1, 0.15) is 5.01 Å². The van der Waals surface area contributed by atoms with Gasteiger partial charge in [-0.1, -0.05) is 30.3 Å². The number of carbonyl (C=O) groups is 1. The molecule has 0 saturated heterocycles. The average molecular weight is 349 g/mol. The molecular formula is C19H15N3O2S. The van der Waals surface area contributed by atoms with Crippen LogP contribution < -0.4 is 0 Å². The smallest absolute Gasteiger partial charge is 0.342 e. The molecule has 0 aliphatic rings. The van der Waals surface area contributed by atoms with Crippen molar-refractivity contribution in [1.29, 1.82) is 0 Å². The third-order valence-corrected chi connectivity index (χ3v) is 4.98. The van der Waals surface area contributed by atoms with Crippen LogP contribution in [0.1, 0.15) is 28.4 Å². The molecule has 4 aromatic rings. The Balaban J connectivity index is 1.51. The van der Waals surface area contributed by atoms with Crippen molar-refractivity contribution in [3.05, 3.63) is 77.6 Å². The van der Waals surface area contributed by atoms with Crippen LogP contribution in [-0.4, -0.2) is 20.7 Å². The highest BCUT2D eigenvalue weighted by atomic mass is 32.1. The summed E-state index contributed by atoms with van der Waals surface area (Å²) in [5.41, 5.74) is 2.22. The van der Waals surface area contributed by atoms with Gasteiger partial charge in [-0.25, -0.2) is 14.5 Å². The molecule has 124 valence electrons. The minimum atomic E-state index is -0.412. The molecule has 2 heterocycles. The van der Waals surface area contributed by atoms with Crippen molar-refractivity contribution in [2.24, 2.45) is 0 Å². The van der Waals surface area contributed by atoms with Crippen LogP contribution in [0.25, 0.3) is 15.9 Å². The molecule has 0 bridgehead atoms. The maximum atomic E-state index is 12.4. The van der Waals surface area contributed by atoms with Crippen LogP contribution in [0.5, 0.6) is 0 Å². The molecule has 0 amide bonds. The lowest BCUT2D eigenvalue weighted by Gasteiger charge is -2.09. The van der Waals surface area contributed by atoms with Gasteiger partial charge in [0.05, 0.1) is 27.7 Å². The molecule has 5 nitrogen and oxygen atoms in total. The van der Waals surface area contributed by atoms with Crippen molar-refractivity contribution in [2.75, 3.05) is 0 Å². The quantitative estimate of drug-likeness (QED) is 0.512. The van der Waals surface area contributed by atoms with E-state index in [1.807, 2.05) is 61.5 Å². The predicted molar refractivity (Wildman–Crippen MR) is 97.0 cm³/mol. The van der Waals surface area contributed by atoms with E-state index in [-0.39, 0.29) is 0 Å². The fourth-order valence-electron chi connectivity index (χ4n) is 2.49. The Labute approximate surface area is 148 Å². The van der Waals surface area contributed by atoms with Crippen LogP contribution in [-0.2, 0) is 4.74 Å². The SMILES string of the molecule is CC(OC(=O)c1cnn(-c2ccccc2)c1)c1nc2ccccc2s1. The number of hydrogen-bond acceptors (Lipinski definition) is 5. The molecule has 0 aliphatic carbocycles. The standard InChI is InChI=1S/C19H15N3O2S/c1-13(18-21-16-9-5-6-10-17(16)25-18)24-19(23)14-11-20-22(12-14)15-7-3-2-4-8-15/h2-13H,1H3. The topological polar surface area (TPSA) is 57.0 Å². The fourth-order valence-corrected chi connectivity index (χ4v) is 3.44. The molecule has 1 atom stereocenters. The minimum absolute atomic E-state index is 0.408. The van der Waals surface area contributed by atoms with Crippen molar-refractivity contribution in [3.8, 4) is 5.69 Å². The summed E-state index contributed by atoms with van der Waals surface area (Å²) in [6.07, 6.45) is 2.77. The van der Waals surface area contributed by atoms with Crippen LogP contribution in [0.15, 0.2) is 67.0 Å². The summed E-state index contributed by atoms with van der Waals surface area (Å²) in [6.45, 7) is 1.83. The van der Waals surface area contributed by atoms with Crippen molar-refractivity contribution in [2.45, 2.75) is 13.0 Å². The van der Waals surface area contributed by atoms with Crippen molar-refractivity contribution >= 4 is 27.5 Å². The van der Waals surface area contributed by atoms with Gasteiger partial charge in [0.2, 0.25) is 0 Å². The summed E-state index contributed by atoms with van der Waals surface area (Å²) in [7, 11) is 0. The van der Waals surface area contributed by atoms with Gasteiger partial charge >= 0.3 is 5.97 Å². The first kappa shape index (κ1) is 15.5. The molecule has 0 radical (unpaired) electrons. The molecule has 0 saturated carbocycles. The first-order chi connectivity index (χ1) is 12.2. The Hall–Kier alpha value is -2.99. The number of thiazole rings is 1. The lowest BCUT2D eigenvalue weighted by molar-refractivity contribution is 0.0337. The number of benzene rings is 2. The first-order valence-corrected chi connectivity index (χ1v) is 8.69. The molecule has 0 fully saturated rings. The summed E-state index contributed by atoms with van der Waals surface area (Å²) < 4.78 is 8.29. The van der Waals surface area contributed by atoms with Gasteiger partial charge in [-0.05, 0) is 31.2 Å². The number of aromatic nitrogens is 3. The normalized spacial score (nSPS) is 12.2. The number of nitrogens with zero attached hydrogens (tertiary/aromatic N) is 3. The second-order valence-corrected chi connectivity index (χ2v) is 6.64. The Kier molecular flexibility index (Phi) is 4.03. The van der Waals surface area contributed by atoms with E-state index in [9.17, 15) is 4.79 Å². The molecule has 2 aromatic heterocycles. The third-order valence-electron chi connectivity index (χ3n) is 3.78. The van der Waals surface area contributed by atoms with E-state index in [1.54, 1.807) is 10.9 Å². The minimum Gasteiger partial charge on any atom is -0.452 e. The molecule has 0 aliphatic heterocycles. The molecule has 1 unspecified atom stereocenters. The second-order valence-electron chi connectivity index (χ2n) is 5.58. The summed E-state index contributed by atoms with van der Waals surface area (Å²) in [6, 6.07) is 17.5. The number of rotatable bonds is 4. The van der Waals surface area contributed by atoms with Crippen LogP contribution in [0.4, 0.5) is 0 Å². The second kappa shape index (κ2) is 6.49. The van der Waals surface area contributed by atoms with Crippen molar-refractivity contribution in [3.63, 3.8) is 0 Å². The maximum Gasteiger partial charge on any atom is 0.342 e. The van der Waals surface area contributed by atoms with E-state index >= 15 is 0 Å². The van der Waals surface area contributed by atoms with E-state index in [0.29, 0.717) is 5.56 Å². The lowest BCUT2D eigenvalue weighted by Crippen LogP contribution is -2.08. The van der Waals surface area contributed by atoms with Gasteiger partial charge in [-0.2, -0.15) is 5.10 Å². The third kappa shape index (κ3) is 3.16. The molecule has 4 rings (SSSR count). The largest absolute Gasteiger partial charge is 0.452 e. The van der Waals surface area contributed by atoms with Crippen LogP contribution >= 0.6 is 11.3 Å². The lowest BCUT2D eigenvalue weighted by atomic mass is 10.3. The molecule has 2 aromatic carbocycles. The van der Waals surface area contributed by atoms with Gasteiger partial charge < -0.3 is 4.74 Å². The van der Waals surface area contributed by atoms with Gasteiger partial charge in [-0.15, -0.1) is 11.3 Å². The number of hydrogen-bond donors (Lipinski definition) is 0. The number of carbonyl (C=O) groups excluding carboxylic acids is 1. The molecule has 0 spiro atoms. The Bertz CT molecular complexity index is 990. The molecule has 0 N–H and O–H groups in total. The van der Waals surface area contributed by atoms with Crippen molar-refractivity contribution in [1.82, 2.24) is 14.8 Å². The van der Waals surface area contributed by atoms with Crippen molar-refractivity contribution < 1.29 is 9.53 Å². The van der Waals surface area contributed by atoms with Gasteiger partial charge in [0.15, 0.2) is 6.10 Å². The number of fused-ring (bicyclic) bond motifs is 1. The average Bonchev–Trinajstić information content (AvgIpc) is 3.29. The molecule has 25 heavy (non-hydrogen) atoms. The Morgan fingerprint density at radius 2 is 1.88 bits per heavy atom. The Morgan fingerprint density at radius 1 is 1.12 bits per heavy atom. The summed E-state index contributed by atoms with van der Waals surface area (Å²) in [4.78, 5) is 16.9. The molecule has 6 heteroatoms. The summed E-state index contributed by atoms with van der Waals surface area (Å²) in [5, 5.41) is 5.01. The van der Waals surface area contributed by atoms with Crippen LogP contribution in [0.2, 0.25) is 0 Å². The summed E-state index contributed by atoms with van der Waals surface area (Å²) in [5.74, 6) is -0.408. The van der Waals surface area contributed by atoms with Gasteiger partial charge in [-0.3, -0.25) is 0 Å². The van der Waals surface area contributed by atoms with E-state index in [4.69, 9.17) is 4.74 Å². The number of para-hydroxylation sites is 2.